The number of aryl methyl sites for hydroxylation is 2. The number of rotatable bonds is 6. The number of carboxylic acids is 1. The van der Waals surface area contributed by atoms with Crippen LogP contribution in [0.25, 0.3) is 0 Å². The monoisotopic (exact) mass is 395 g/mol. The summed E-state index contributed by atoms with van der Waals surface area (Å²) in [5.74, 6) is -0.751. The van der Waals surface area contributed by atoms with Crippen LogP contribution in [0.4, 0.5) is 5.69 Å². The summed E-state index contributed by atoms with van der Waals surface area (Å²) in [5, 5.41) is 21.8. The van der Waals surface area contributed by atoms with Crippen LogP contribution in [-0.4, -0.2) is 27.7 Å². The van der Waals surface area contributed by atoms with Gasteiger partial charge in [-0.3, -0.25) is 4.79 Å². The number of nitrogens with one attached hydrogen (secondary N) is 1. The number of amides is 1. The molecular weight excluding hydrogens is 374 g/mol. The molecule has 0 radical (unpaired) electrons. The maximum Gasteiger partial charge on any atom is 0.335 e. The summed E-state index contributed by atoms with van der Waals surface area (Å²) in [6.45, 7) is 0. The summed E-state index contributed by atoms with van der Waals surface area (Å²) in [6.07, 6.45) is 5.59. The first-order chi connectivity index (χ1) is 13.6. The molecule has 1 aliphatic carbocycles. The summed E-state index contributed by atoms with van der Waals surface area (Å²) >= 11 is 1.41. The van der Waals surface area contributed by atoms with Crippen LogP contribution in [0.3, 0.4) is 0 Å². The van der Waals surface area contributed by atoms with E-state index in [-0.39, 0.29) is 17.9 Å². The molecule has 28 heavy (non-hydrogen) atoms. The van der Waals surface area contributed by atoms with Gasteiger partial charge in [0.1, 0.15) is 11.1 Å². The van der Waals surface area contributed by atoms with E-state index in [1.165, 1.54) is 35.9 Å². The number of thioether (sulfide) groups is 1. The number of hydrogen-bond donors (Lipinski definition) is 2. The Balaban J connectivity index is 1.59. The first kappa shape index (κ1) is 19.9. The van der Waals surface area contributed by atoms with Gasteiger partial charge in [0, 0.05) is 23.6 Å². The number of pyridine rings is 1. The highest BCUT2D eigenvalue weighted by Crippen LogP contribution is 2.27. The third-order valence-electron chi connectivity index (χ3n) is 4.60. The Morgan fingerprint density at radius 3 is 2.82 bits per heavy atom. The molecule has 2 aromatic rings. The zero-order valence-corrected chi connectivity index (χ0v) is 16.2. The number of fused-ring (bicyclic) bond motifs is 1. The van der Waals surface area contributed by atoms with Crippen molar-refractivity contribution in [3.05, 3.63) is 52.7 Å². The molecule has 0 unspecified atom stereocenters. The van der Waals surface area contributed by atoms with Crippen molar-refractivity contribution in [3.63, 3.8) is 0 Å². The van der Waals surface area contributed by atoms with E-state index in [0.29, 0.717) is 22.0 Å². The molecule has 0 fully saturated rings. The normalized spacial score (nSPS) is 13.1. The lowest BCUT2D eigenvalue weighted by atomic mass is 10.1. The zero-order valence-electron chi connectivity index (χ0n) is 15.4. The molecule has 0 aliphatic heterocycles. The second kappa shape index (κ2) is 9.38. The quantitative estimate of drug-likeness (QED) is 0.565. The second-order valence-corrected chi connectivity index (χ2v) is 7.74. The minimum atomic E-state index is -1.04. The van der Waals surface area contributed by atoms with Crippen molar-refractivity contribution in [1.29, 1.82) is 5.26 Å². The Hall–Kier alpha value is -2.85. The maximum absolute atomic E-state index is 12.2. The van der Waals surface area contributed by atoms with Crippen molar-refractivity contribution in [1.82, 2.24) is 4.98 Å². The van der Waals surface area contributed by atoms with Gasteiger partial charge in [0.25, 0.3) is 0 Å². The fourth-order valence-corrected chi connectivity index (χ4v) is 4.09. The fraction of sp³-hybridized carbons (Fsp3) is 0.333. The third-order valence-corrected chi connectivity index (χ3v) is 5.59. The van der Waals surface area contributed by atoms with E-state index in [1.807, 2.05) is 6.07 Å². The van der Waals surface area contributed by atoms with Crippen molar-refractivity contribution in [3.8, 4) is 6.07 Å². The van der Waals surface area contributed by atoms with Gasteiger partial charge in [-0.15, -0.1) is 11.8 Å². The number of aromatic carboxylic acids is 1. The van der Waals surface area contributed by atoms with Crippen molar-refractivity contribution in [2.45, 2.75) is 43.6 Å². The third kappa shape index (κ3) is 5.11. The van der Waals surface area contributed by atoms with Gasteiger partial charge >= 0.3 is 5.97 Å². The number of carbonyl (C=O) groups is 2. The number of carbonyl (C=O) groups excluding carboxylic acids is 1. The summed E-state index contributed by atoms with van der Waals surface area (Å²) in [6, 6.07) is 10.3. The predicted octanol–water partition coefficient (Wildman–Crippen LogP) is 4.04. The average molecular weight is 395 g/mol. The average Bonchev–Trinajstić information content (AvgIpc) is 2.92. The van der Waals surface area contributed by atoms with Crippen LogP contribution >= 0.6 is 11.8 Å². The summed E-state index contributed by atoms with van der Waals surface area (Å²) < 4.78 is 0. The lowest BCUT2D eigenvalue weighted by molar-refractivity contribution is -0.115. The number of aromatic nitrogens is 1. The standard InChI is InChI=1S/C21H21N3O3S/c22-13-16-11-14-5-2-1-3-8-18(14)24-20(16)28-10-9-19(25)23-17-7-4-6-15(12-17)21(26)27/h4,6-7,11-12H,1-3,5,8-10H2,(H,23,25)(H,26,27). The van der Waals surface area contributed by atoms with E-state index in [9.17, 15) is 14.9 Å². The van der Waals surface area contributed by atoms with Gasteiger partial charge in [-0.25, -0.2) is 9.78 Å². The van der Waals surface area contributed by atoms with Crippen LogP contribution < -0.4 is 5.32 Å². The van der Waals surface area contributed by atoms with Crippen LogP contribution in [0.5, 0.6) is 0 Å². The van der Waals surface area contributed by atoms with Crippen LogP contribution in [0, 0.1) is 11.3 Å². The molecule has 1 aromatic heterocycles. The first-order valence-electron chi connectivity index (χ1n) is 9.25. The van der Waals surface area contributed by atoms with E-state index in [2.05, 4.69) is 11.4 Å². The molecule has 144 valence electrons. The second-order valence-electron chi connectivity index (χ2n) is 6.65. The molecule has 0 bridgehead atoms. The largest absolute Gasteiger partial charge is 0.478 e. The highest BCUT2D eigenvalue weighted by atomic mass is 32.2. The van der Waals surface area contributed by atoms with Crippen LogP contribution in [0.1, 0.15) is 52.9 Å². The molecule has 1 aromatic carbocycles. The Morgan fingerprint density at radius 2 is 2.04 bits per heavy atom. The fourth-order valence-electron chi connectivity index (χ4n) is 3.18. The van der Waals surface area contributed by atoms with Gasteiger partial charge in [0.05, 0.1) is 11.1 Å². The first-order valence-corrected chi connectivity index (χ1v) is 10.2. The Bertz CT molecular complexity index is 937. The van der Waals surface area contributed by atoms with E-state index < -0.39 is 5.97 Å². The number of carboxylic acid groups (broad SMARTS) is 1. The molecule has 1 heterocycles. The Kier molecular flexibility index (Phi) is 6.66. The highest BCUT2D eigenvalue weighted by molar-refractivity contribution is 7.99. The molecule has 0 spiro atoms. The number of nitriles is 1. The van der Waals surface area contributed by atoms with Gasteiger partial charge < -0.3 is 10.4 Å². The van der Waals surface area contributed by atoms with Crippen molar-refractivity contribution in [2.24, 2.45) is 0 Å². The van der Waals surface area contributed by atoms with Crippen molar-refractivity contribution < 1.29 is 14.7 Å². The van der Waals surface area contributed by atoms with Gasteiger partial charge in [-0.05, 0) is 55.5 Å². The molecule has 6 nitrogen and oxygen atoms in total. The molecule has 0 atom stereocenters. The van der Waals surface area contributed by atoms with Gasteiger partial charge in [0.2, 0.25) is 5.91 Å². The smallest absolute Gasteiger partial charge is 0.335 e. The molecule has 7 heteroatoms. The van der Waals surface area contributed by atoms with E-state index >= 15 is 0 Å². The van der Waals surface area contributed by atoms with Gasteiger partial charge in [-0.1, -0.05) is 12.5 Å². The van der Waals surface area contributed by atoms with E-state index in [1.54, 1.807) is 12.1 Å². The number of benzene rings is 1. The van der Waals surface area contributed by atoms with Crippen molar-refractivity contribution in [2.75, 3.05) is 11.1 Å². The summed E-state index contributed by atoms with van der Waals surface area (Å²) in [7, 11) is 0. The highest BCUT2D eigenvalue weighted by Gasteiger charge is 2.15. The molecule has 3 rings (SSSR count). The Morgan fingerprint density at radius 1 is 1.21 bits per heavy atom. The molecule has 1 amide bonds. The maximum atomic E-state index is 12.2. The lowest BCUT2D eigenvalue weighted by Gasteiger charge is -2.10. The Labute approximate surface area is 168 Å². The zero-order chi connectivity index (χ0) is 19.9. The lowest BCUT2D eigenvalue weighted by Crippen LogP contribution is -2.13. The van der Waals surface area contributed by atoms with Crippen LogP contribution in [0.2, 0.25) is 0 Å². The molecular formula is C21H21N3O3S. The molecule has 1 aliphatic rings. The van der Waals surface area contributed by atoms with Gasteiger partial charge in [-0.2, -0.15) is 5.26 Å². The SMILES string of the molecule is N#Cc1cc2c(nc1SCCC(=O)Nc1cccc(C(=O)O)c1)CCCCC2. The minimum Gasteiger partial charge on any atom is -0.478 e. The minimum absolute atomic E-state index is 0.125. The van der Waals surface area contributed by atoms with Gasteiger partial charge in [0.15, 0.2) is 0 Å². The van der Waals surface area contributed by atoms with E-state index in [0.717, 1.165) is 31.4 Å². The number of hydrogen-bond acceptors (Lipinski definition) is 5. The van der Waals surface area contributed by atoms with Crippen LogP contribution in [-0.2, 0) is 17.6 Å². The summed E-state index contributed by atoms with van der Waals surface area (Å²) in [5.41, 5.74) is 3.40. The van der Waals surface area contributed by atoms with E-state index in [4.69, 9.17) is 10.1 Å². The summed E-state index contributed by atoms with van der Waals surface area (Å²) in [4.78, 5) is 27.9. The van der Waals surface area contributed by atoms with Crippen molar-refractivity contribution >= 4 is 29.3 Å². The predicted molar refractivity (Wildman–Crippen MR) is 108 cm³/mol. The molecule has 0 saturated carbocycles. The molecule has 2 N–H and O–H groups in total. The molecule has 0 saturated heterocycles. The number of nitrogens with zero attached hydrogens (tertiary/aromatic N) is 2. The topological polar surface area (TPSA) is 103 Å². The number of anilines is 1. The van der Waals surface area contributed by atoms with Crippen LogP contribution in [0.15, 0.2) is 35.4 Å².